The second-order valence-electron chi connectivity index (χ2n) is 3.84. The Labute approximate surface area is 88.7 Å². The van der Waals surface area contributed by atoms with Crippen LogP contribution in [-0.4, -0.2) is 23.9 Å². The van der Waals surface area contributed by atoms with Gasteiger partial charge in [0, 0.05) is 19.5 Å². The maximum atomic E-state index is 11.7. The summed E-state index contributed by atoms with van der Waals surface area (Å²) in [4.78, 5) is 13.7. The Hall–Kier alpha value is -0.530. The van der Waals surface area contributed by atoms with Gasteiger partial charge >= 0.3 is 0 Å². The Morgan fingerprint density at radius 2 is 1.64 bits per heavy atom. The van der Waals surface area contributed by atoms with Crippen LogP contribution in [0.5, 0.6) is 0 Å². The fraction of sp³-hybridized carbons (Fsp3) is 0.917. The molecule has 0 atom stereocenters. The maximum Gasteiger partial charge on any atom is 0.222 e. The van der Waals surface area contributed by atoms with Crippen molar-refractivity contribution in [2.45, 2.75) is 59.3 Å². The van der Waals surface area contributed by atoms with E-state index < -0.39 is 0 Å². The van der Waals surface area contributed by atoms with Gasteiger partial charge < -0.3 is 4.90 Å². The number of carbonyl (C=O) groups excluding carboxylic acids is 1. The van der Waals surface area contributed by atoms with Crippen molar-refractivity contribution in [1.82, 2.24) is 4.90 Å². The van der Waals surface area contributed by atoms with Gasteiger partial charge in [-0.1, -0.05) is 33.6 Å². The minimum atomic E-state index is 0.338. The normalized spacial score (nSPS) is 10.2. The fourth-order valence-corrected chi connectivity index (χ4v) is 1.56. The van der Waals surface area contributed by atoms with Crippen molar-refractivity contribution in [3.05, 3.63) is 0 Å². The molecule has 0 aliphatic heterocycles. The van der Waals surface area contributed by atoms with Gasteiger partial charge in [-0.2, -0.15) is 0 Å². The standard InChI is InChI=1S/C12H25NO/c1-4-7-8-11-13(10-6-3)12(14)9-5-2/h4-11H2,1-3H3. The van der Waals surface area contributed by atoms with Crippen molar-refractivity contribution >= 4 is 5.91 Å². The summed E-state index contributed by atoms with van der Waals surface area (Å²) >= 11 is 0. The average Bonchev–Trinajstić information content (AvgIpc) is 2.17. The molecular formula is C12H25NO. The second kappa shape index (κ2) is 9.04. The molecule has 2 heteroatoms. The number of rotatable bonds is 8. The van der Waals surface area contributed by atoms with Crippen molar-refractivity contribution in [3.8, 4) is 0 Å². The first-order valence-corrected chi connectivity index (χ1v) is 6.04. The predicted molar refractivity (Wildman–Crippen MR) is 61.3 cm³/mol. The zero-order chi connectivity index (χ0) is 10.8. The highest BCUT2D eigenvalue weighted by Gasteiger charge is 2.10. The molecule has 0 aromatic heterocycles. The summed E-state index contributed by atoms with van der Waals surface area (Å²) < 4.78 is 0. The summed E-state index contributed by atoms with van der Waals surface area (Å²) in [7, 11) is 0. The van der Waals surface area contributed by atoms with Crippen LogP contribution in [-0.2, 0) is 4.79 Å². The topological polar surface area (TPSA) is 20.3 Å². The third-order valence-electron chi connectivity index (χ3n) is 2.34. The van der Waals surface area contributed by atoms with Crippen LogP contribution in [0.1, 0.15) is 59.3 Å². The van der Waals surface area contributed by atoms with Crippen LogP contribution in [0, 0.1) is 0 Å². The van der Waals surface area contributed by atoms with E-state index in [1.165, 1.54) is 12.8 Å². The number of nitrogens with zero attached hydrogens (tertiary/aromatic N) is 1. The third kappa shape index (κ3) is 6.01. The zero-order valence-electron chi connectivity index (χ0n) is 10.0. The molecule has 1 amide bonds. The molecule has 0 radical (unpaired) electrons. The molecule has 0 unspecified atom stereocenters. The lowest BCUT2D eigenvalue weighted by atomic mass is 10.2. The monoisotopic (exact) mass is 199 g/mol. The zero-order valence-corrected chi connectivity index (χ0v) is 10.0. The summed E-state index contributed by atoms with van der Waals surface area (Å²) in [5.41, 5.74) is 0. The summed E-state index contributed by atoms with van der Waals surface area (Å²) in [6, 6.07) is 0. The SMILES string of the molecule is CCCCCN(CCC)C(=O)CCC. The van der Waals surface area contributed by atoms with E-state index >= 15 is 0 Å². The lowest BCUT2D eigenvalue weighted by Crippen LogP contribution is -2.32. The number of hydrogen-bond donors (Lipinski definition) is 0. The lowest BCUT2D eigenvalue weighted by Gasteiger charge is -2.21. The van der Waals surface area contributed by atoms with Crippen LogP contribution >= 0.6 is 0 Å². The molecule has 2 nitrogen and oxygen atoms in total. The highest BCUT2D eigenvalue weighted by Crippen LogP contribution is 2.03. The van der Waals surface area contributed by atoms with Crippen LogP contribution in [0.4, 0.5) is 0 Å². The molecule has 0 fully saturated rings. The minimum Gasteiger partial charge on any atom is -0.343 e. The molecule has 0 aromatic rings. The first-order valence-electron chi connectivity index (χ1n) is 6.04. The van der Waals surface area contributed by atoms with Crippen molar-refractivity contribution in [1.29, 1.82) is 0 Å². The van der Waals surface area contributed by atoms with Gasteiger partial charge in [0.15, 0.2) is 0 Å². The molecule has 0 spiro atoms. The molecule has 14 heavy (non-hydrogen) atoms. The molecule has 0 aliphatic carbocycles. The third-order valence-corrected chi connectivity index (χ3v) is 2.34. The Balaban J connectivity index is 3.81. The van der Waals surface area contributed by atoms with Crippen molar-refractivity contribution < 1.29 is 4.79 Å². The van der Waals surface area contributed by atoms with Gasteiger partial charge in [-0.3, -0.25) is 4.79 Å². The smallest absolute Gasteiger partial charge is 0.222 e. The molecule has 0 aromatic carbocycles. The van der Waals surface area contributed by atoms with E-state index in [4.69, 9.17) is 0 Å². The van der Waals surface area contributed by atoms with E-state index in [-0.39, 0.29) is 0 Å². The van der Waals surface area contributed by atoms with Crippen LogP contribution in [0.3, 0.4) is 0 Å². The van der Waals surface area contributed by atoms with E-state index in [9.17, 15) is 4.79 Å². The Kier molecular flexibility index (Phi) is 8.70. The van der Waals surface area contributed by atoms with Gasteiger partial charge in [0.05, 0.1) is 0 Å². The molecule has 0 heterocycles. The molecule has 0 bridgehead atoms. The van der Waals surface area contributed by atoms with E-state index in [1.54, 1.807) is 0 Å². The van der Waals surface area contributed by atoms with Crippen LogP contribution in [0.15, 0.2) is 0 Å². The van der Waals surface area contributed by atoms with Crippen molar-refractivity contribution in [2.24, 2.45) is 0 Å². The predicted octanol–water partition coefficient (Wildman–Crippen LogP) is 3.22. The number of amides is 1. The number of unbranched alkanes of at least 4 members (excludes halogenated alkanes) is 2. The van der Waals surface area contributed by atoms with Gasteiger partial charge in [-0.15, -0.1) is 0 Å². The first kappa shape index (κ1) is 13.5. The molecule has 0 saturated carbocycles. The Morgan fingerprint density at radius 3 is 2.14 bits per heavy atom. The van der Waals surface area contributed by atoms with Gasteiger partial charge in [-0.25, -0.2) is 0 Å². The summed E-state index contributed by atoms with van der Waals surface area (Å²) in [6.07, 6.45) is 6.37. The van der Waals surface area contributed by atoms with E-state index in [0.29, 0.717) is 12.3 Å². The molecule has 0 saturated heterocycles. The average molecular weight is 199 g/mol. The highest BCUT2D eigenvalue weighted by molar-refractivity contribution is 5.76. The molecule has 0 aliphatic rings. The molecule has 0 N–H and O–H groups in total. The van der Waals surface area contributed by atoms with Gasteiger partial charge in [-0.05, 0) is 19.3 Å². The minimum absolute atomic E-state index is 0.338. The Morgan fingerprint density at radius 1 is 0.929 bits per heavy atom. The Bertz CT molecular complexity index is 145. The molecule has 84 valence electrons. The number of hydrogen-bond acceptors (Lipinski definition) is 1. The van der Waals surface area contributed by atoms with Crippen LogP contribution < -0.4 is 0 Å². The molecule has 0 rings (SSSR count). The van der Waals surface area contributed by atoms with Crippen LogP contribution in [0.25, 0.3) is 0 Å². The summed E-state index contributed by atoms with van der Waals surface area (Å²) in [5, 5.41) is 0. The molecular weight excluding hydrogens is 174 g/mol. The quantitative estimate of drug-likeness (QED) is 0.550. The first-order chi connectivity index (χ1) is 6.76. The fourth-order valence-electron chi connectivity index (χ4n) is 1.56. The van der Waals surface area contributed by atoms with E-state index in [1.807, 2.05) is 4.90 Å². The van der Waals surface area contributed by atoms with E-state index in [0.717, 1.165) is 32.4 Å². The highest BCUT2D eigenvalue weighted by atomic mass is 16.2. The second-order valence-corrected chi connectivity index (χ2v) is 3.84. The van der Waals surface area contributed by atoms with Gasteiger partial charge in [0.25, 0.3) is 0 Å². The van der Waals surface area contributed by atoms with Gasteiger partial charge in [0.1, 0.15) is 0 Å². The maximum absolute atomic E-state index is 11.7. The van der Waals surface area contributed by atoms with Gasteiger partial charge in [0.2, 0.25) is 5.91 Å². The van der Waals surface area contributed by atoms with Crippen LogP contribution in [0.2, 0.25) is 0 Å². The summed E-state index contributed by atoms with van der Waals surface area (Å²) in [5.74, 6) is 0.338. The van der Waals surface area contributed by atoms with Crippen molar-refractivity contribution in [3.63, 3.8) is 0 Å². The van der Waals surface area contributed by atoms with Crippen molar-refractivity contribution in [2.75, 3.05) is 13.1 Å². The largest absolute Gasteiger partial charge is 0.343 e. The summed E-state index contributed by atoms with van der Waals surface area (Å²) in [6.45, 7) is 8.28. The number of carbonyl (C=O) groups is 1. The lowest BCUT2D eigenvalue weighted by molar-refractivity contribution is -0.131. The van der Waals surface area contributed by atoms with E-state index in [2.05, 4.69) is 20.8 Å².